The molecule has 0 saturated carbocycles. The van der Waals surface area contributed by atoms with Crippen LogP contribution >= 0.6 is 23.4 Å². The summed E-state index contributed by atoms with van der Waals surface area (Å²) >= 11 is 7.60. The van der Waals surface area contributed by atoms with Gasteiger partial charge in [-0.3, -0.25) is 4.79 Å². The maximum atomic E-state index is 11.9. The Balaban J connectivity index is 1.41. The van der Waals surface area contributed by atoms with Gasteiger partial charge in [0.25, 0.3) is 0 Å². The van der Waals surface area contributed by atoms with Gasteiger partial charge in [0.2, 0.25) is 5.91 Å². The second kappa shape index (κ2) is 16.1. The highest BCUT2D eigenvalue weighted by atomic mass is 35.5. The van der Waals surface area contributed by atoms with Gasteiger partial charge in [0.1, 0.15) is 12.4 Å². The van der Waals surface area contributed by atoms with Crippen molar-refractivity contribution in [1.82, 2.24) is 16.0 Å². The van der Waals surface area contributed by atoms with E-state index in [1.165, 1.54) is 5.56 Å². The minimum atomic E-state index is -0.0878. The van der Waals surface area contributed by atoms with Crippen LogP contribution in [0.5, 0.6) is 5.75 Å². The first-order valence-corrected chi connectivity index (χ1v) is 12.5. The summed E-state index contributed by atoms with van der Waals surface area (Å²) in [6, 6.07) is 7.81. The summed E-state index contributed by atoms with van der Waals surface area (Å²) < 4.78 is 11.1. The van der Waals surface area contributed by atoms with Gasteiger partial charge >= 0.3 is 6.03 Å². The average molecular weight is 472 g/mol. The molecule has 0 radical (unpaired) electrons. The highest BCUT2D eigenvalue weighted by molar-refractivity contribution is 7.99. The molecule has 1 aromatic rings. The van der Waals surface area contributed by atoms with Crippen LogP contribution in [0, 0.1) is 0 Å². The summed E-state index contributed by atoms with van der Waals surface area (Å²) in [7, 11) is 0. The number of aryl methyl sites for hydroxylation is 1. The lowest BCUT2D eigenvalue weighted by Gasteiger charge is -2.20. The molecule has 31 heavy (non-hydrogen) atoms. The molecular weight excluding hydrogens is 438 g/mol. The Labute approximate surface area is 194 Å². The molecule has 9 heteroatoms. The van der Waals surface area contributed by atoms with Gasteiger partial charge in [0, 0.05) is 42.9 Å². The smallest absolute Gasteiger partial charge is 0.314 e. The van der Waals surface area contributed by atoms with Crippen molar-refractivity contribution in [2.75, 3.05) is 51.1 Å². The first-order valence-electron chi connectivity index (χ1n) is 10.9. The topological polar surface area (TPSA) is 88.7 Å². The van der Waals surface area contributed by atoms with Crippen molar-refractivity contribution >= 4 is 35.3 Å². The van der Waals surface area contributed by atoms with Crippen LogP contribution in [0.2, 0.25) is 0 Å². The maximum Gasteiger partial charge on any atom is 0.314 e. The van der Waals surface area contributed by atoms with Gasteiger partial charge in [0.05, 0.1) is 13.2 Å². The Morgan fingerprint density at radius 3 is 2.81 bits per heavy atom. The zero-order valence-corrected chi connectivity index (χ0v) is 19.6. The van der Waals surface area contributed by atoms with Crippen molar-refractivity contribution in [1.29, 1.82) is 0 Å². The molecule has 1 unspecified atom stereocenters. The van der Waals surface area contributed by atoms with Crippen molar-refractivity contribution in [2.24, 2.45) is 0 Å². The number of hydrogen-bond acceptors (Lipinski definition) is 5. The third-order valence-corrected chi connectivity index (χ3v) is 6.29. The van der Waals surface area contributed by atoms with E-state index < -0.39 is 0 Å². The second-order valence-electron chi connectivity index (χ2n) is 7.27. The number of benzene rings is 1. The summed E-state index contributed by atoms with van der Waals surface area (Å²) in [4.78, 5) is 23.3. The lowest BCUT2D eigenvalue weighted by molar-refractivity contribution is -0.121. The SMILES string of the molecule is O=C(CCCCC1CNC(=O)NCCS1)NCCOCCOc1ccc(CCCl)cc1. The maximum absolute atomic E-state index is 11.9. The predicted molar refractivity (Wildman–Crippen MR) is 126 cm³/mol. The Hall–Kier alpha value is -1.64. The van der Waals surface area contributed by atoms with Crippen molar-refractivity contribution in [3.05, 3.63) is 29.8 Å². The molecule has 1 aliphatic heterocycles. The van der Waals surface area contributed by atoms with Gasteiger partial charge in [-0.25, -0.2) is 4.79 Å². The summed E-state index contributed by atoms with van der Waals surface area (Å²) in [6.45, 7) is 3.30. The molecule has 3 amide bonds. The monoisotopic (exact) mass is 471 g/mol. The molecule has 174 valence electrons. The first-order chi connectivity index (χ1) is 15.2. The number of halogens is 1. The van der Waals surface area contributed by atoms with Gasteiger partial charge in [0.15, 0.2) is 0 Å². The van der Waals surface area contributed by atoms with Crippen LogP contribution in [0.25, 0.3) is 0 Å². The fraction of sp³-hybridized carbons (Fsp3) is 0.636. The molecule has 1 fully saturated rings. The first kappa shape index (κ1) is 25.6. The molecule has 1 saturated heterocycles. The molecule has 2 rings (SSSR count). The van der Waals surface area contributed by atoms with E-state index in [0.29, 0.717) is 57.0 Å². The molecule has 7 nitrogen and oxygen atoms in total. The molecule has 0 aromatic heterocycles. The van der Waals surface area contributed by atoms with Crippen LogP contribution in [0.4, 0.5) is 4.79 Å². The van der Waals surface area contributed by atoms with Gasteiger partial charge in [-0.15, -0.1) is 11.6 Å². The molecule has 0 bridgehead atoms. The summed E-state index contributed by atoms with van der Waals surface area (Å²) in [5.74, 6) is 2.42. The fourth-order valence-corrected chi connectivity index (χ4v) is 4.40. The molecular formula is C22H34ClN3O4S. The Bertz CT molecular complexity index is 648. The molecule has 0 spiro atoms. The Morgan fingerprint density at radius 2 is 2.00 bits per heavy atom. The van der Waals surface area contributed by atoms with Crippen LogP contribution in [-0.2, 0) is 16.0 Å². The normalized spacial score (nSPS) is 16.5. The standard InChI is InChI=1S/C22H34ClN3O4S/c23-10-9-18-5-7-19(8-6-18)30-15-14-29-13-11-24-21(27)4-2-1-3-20-17-26-22(28)25-12-16-31-20/h5-8,20H,1-4,9-17H2,(H,24,27)(H2,25,26,28). The van der Waals surface area contributed by atoms with E-state index in [1.807, 2.05) is 36.0 Å². The van der Waals surface area contributed by atoms with Gasteiger partial charge in [-0.1, -0.05) is 18.6 Å². The summed E-state index contributed by atoms with van der Waals surface area (Å²) in [5.41, 5.74) is 1.19. The zero-order valence-electron chi connectivity index (χ0n) is 18.0. The van der Waals surface area contributed by atoms with E-state index in [9.17, 15) is 9.59 Å². The van der Waals surface area contributed by atoms with Gasteiger partial charge in [-0.2, -0.15) is 11.8 Å². The number of urea groups is 1. The number of amides is 3. The Morgan fingerprint density at radius 1 is 1.16 bits per heavy atom. The lowest BCUT2D eigenvalue weighted by atomic mass is 10.1. The molecule has 1 aliphatic rings. The van der Waals surface area contributed by atoms with Gasteiger partial charge in [-0.05, 0) is 37.0 Å². The number of hydrogen-bond donors (Lipinski definition) is 3. The van der Waals surface area contributed by atoms with E-state index in [4.69, 9.17) is 21.1 Å². The van der Waals surface area contributed by atoms with Gasteiger partial charge < -0.3 is 25.4 Å². The van der Waals surface area contributed by atoms with Crippen molar-refractivity contribution in [3.8, 4) is 5.75 Å². The molecule has 1 heterocycles. The van der Waals surface area contributed by atoms with E-state index in [0.717, 1.165) is 37.2 Å². The largest absolute Gasteiger partial charge is 0.491 e. The van der Waals surface area contributed by atoms with E-state index in [-0.39, 0.29) is 11.9 Å². The third-order valence-electron chi connectivity index (χ3n) is 4.78. The second-order valence-corrected chi connectivity index (χ2v) is 9.06. The quantitative estimate of drug-likeness (QED) is 0.287. The highest BCUT2D eigenvalue weighted by Crippen LogP contribution is 2.18. The minimum Gasteiger partial charge on any atom is -0.491 e. The van der Waals surface area contributed by atoms with E-state index in [1.54, 1.807) is 0 Å². The van der Waals surface area contributed by atoms with Crippen LogP contribution in [0.15, 0.2) is 24.3 Å². The lowest BCUT2D eigenvalue weighted by Crippen LogP contribution is -2.42. The number of ether oxygens (including phenoxy) is 2. The summed E-state index contributed by atoms with van der Waals surface area (Å²) in [6.07, 6.45) is 4.22. The number of rotatable bonds is 14. The Kier molecular flexibility index (Phi) is 13.3. The van der Waals surface area contributed by atoms with Crippen molar-refractivity contribution in [2.45, 2.75) is 37.4 Å². The number of nitrogens with one attached hydrogen (secondary N) is 3. The van der Waals surface area contributed by atoms with Crippen LogP contribution in [-0.4, -0.2) is 68.3 Å². The third kappa shape index (κ3) is 12.1. The number of thioether (sulfide) groups is 1. The minimum absolute atomic E-state index is 0.0553. The van der Waals surface area contributed by atoms with Crippen molar-refractivity contribution in [3.63, 3.8) is 0 Å². The number of carbonyl (C=O) groups is 2. The zero-order chi connectivity index (χ0) is 22.2. The fourth-order valence-electron chi connectivity index (χ4n) is 3.09. The highest BCUT2D eigenvalue weighted by Gasteiger charge is 2.14. The van der Waals surface area contributed by atoms with Crippen molar-refractivity contribution < 1.29 is 19.1 Å². The van der Waals surface area contributed by atoms with E-state index in [2.05, 4.69) is 16.0 Å². The van der Waals surface area contributed by atoms with Crippen LogP contribution in [0.3, 0.4) is 0 Å². The van der Waals surface area contributed by atoms with E-state index >= 15 is 0 Å². The molecule has 1 aromatic carbocycles. The average Bonchev–Trinajstić information content (AvgIpc) is 2.76. The van der Waals surface area contributed by atoms with Crippen LogP contribution in [0.1, 0.15) is 31.2 Å². The van der Waals surface area contributed by atoms with Crippen LogP contribution < -0.4 is 20.7 Å². The molecule has 0 aliphatic carbocycles. The number of alkyl halides is 1. The number of carbonyl (C=O) groups excluding carboxylic acids is 2. The number of unbranched alkanes of at least 4 members (excludes halogenated alkanes) is 1. The molecule has 3 N–H and O–H groups in total. The predicted octanol–water partition coefficient (Wildman–Crippen LogP) is 2.95. The molecule has 1 atom stereocenters. The summed E-state index contributed by atoms with van der Waals surface area (Å²) in [5, 5.41) is 8.97.